The van der Waals surface area contributed by atoms with Crippen LogP contribution in [0.1, 0.15) is 40.3 Å². The third-order valence-electron chi connectivity index (χ3n) is 8.43. The predicted octanol–water partition coefficient (Wildman–Crippen LogP) is 7.22. The molecule has 0 amide bonds. The van der Waals surface area contributed by atoms with Gasteiger partial charge in [0, 0.05) is 39.2 Å². The Labute approximate surface area is 259 Å². The van der Waals surface area contributed by atoms with Gasteiger partial charge in [0.25, 0.3) is 5.56 Å². The number of halogens is 2. The van der Waals surface area contributed by atoms with E-state index in [0.717, 1.165) is 61.0 Å². The van der Waals surface area contributed by atoms with Crippen LogP contribution in [0, 0.1) is 5.82 Å². The molecular formula is C36H25BrFN3OS. The third kappa shape index (κ3) is 4.55. The zero-order valence-electron chi connectivity index (χ0n) is 23.0. The van der Waals surface area contributed by atoms with Crippen LogP contribution in [0.2, 0.25) is 0 Å². The summed E-state index contributed by atoms with van der Waals surface area (Å²) < 4.78 is 19.2. The van der Waals surface area contributed by atoms with Crippen molar-refractivity contribution >= 4 is 49.9 Å². The molecule has 7 heteroatoms. The zero-order chi connectivity index (χ0) is 29.1. The molecule has 8 rings (SSSR count). The monoisotopic (exact) mass is 645 g/mol. The van der Waals surface area contributed by atoms with Gasteiger partial charge in [0.05, 0.1) is 16.3 Å². The van der Waals surface area contributed by atoms with Crippen LogP contribution in [0.3, 0.4) is 0 Å². The fourth-order valence-corrected chi connectivity index (χ4v) is 7.67. The van der Waals surface area contributed by atoms with Crippen LogP contribution in [0.25, 0.3) is 22.7 Å². The molecular weight excluding hydrogens is 621 g/mol. The number of aryl methyl sites for hydroxylation is 1. The molecule has 4 aromatic carbocycles. The summed E-state index contributed by atoms with van der Waals surface area (Å²) in [6.07, 6.45) is 5.87. The molecule has 6 aromatic rings. The first-order valence-corrected chi connectivity index (χ1v) is 15.9. The highest BCUT2D eigenvalue weighted by Gasteiger charge is 2.32. The van der Waals surface area contributed by atoms with E-state index in [1.165, 1.54) is 34.6 Å². The van der Waals surface area contributed by atoms with Crippen LogP contribution in [-0.2, 0) is 13.0 Å². The van der Waals surface area contributed by atoms with Crippen molar-refractivity contribution in [1.29, 1.82) is 0 Å². The number of hydrogen-bond acceptors (Lipinski definition) is 3. The standard InChI is InChI=1S/C36H25BrFN3OS/c37-26-14-11-24(12-15-26)34-30-18-13-23-5-1-2-7-29(23)33(30)39-36-41(34)35(42)32(43-36)19-25-21-40(31-8-4-3-6-28(25)31)20-22-9-16-27(38)17-10-22/h1-12,14-17,19,21,34H,13,18,20H2/b32-19+/t34-/m0/s1. The van der Waals surface area contributed by atoms with Crippen molar-refractivity contribution in [2.45, 2.75) is 25.4 Å². The molecule has 43 heavy (non-hydrogen) atoms. The van der Waals surface area contributed by atoms with E-state index in [-0.39, 0.29) is 17.4 Å². The molecule has 0 unspecified atom stereocenters. The second-order valence-electron chi connectivity index (χ2n) is 11.0. The van der Waals surface area contributed by atoms with E-state index in [9.17, 15) is 9.18 Å². The number of para-hydroxylation sites is 1. The normalized spacial score (nSPS) is 16.1. The van der Waals surface area contributed by atoms with Crippen LogP contribution in [0.5, 0.6) is 0 Å². The molecule has 0 saturated carbocycles. The zero-order valence-corrected chi connectivity index (χ0v) is 25.4. The molecule has 0 fully saturated rings. The van der Waals surface area contributed by atoms with Crippen molar-refractivity contribution in [2.24, 2.45) is 4.99 Å². The van der Waals surface area contributed by atoms with Gasteiger partial charge >= 0.3 is 0 Å². The van der Waals surface area contributed by atoms with E-state index in [1.807, 2.05) is 47.0 Å². The molecule has 0 saturated heterocycles. The summed E-state index contributed by atoms with van der Waals surface area (Å²) >= 11 is 5.02. The number of fused-ring (bicyclic) bond motifs is 4. The lowest BCUT2D eigenvalue weighted by atomic mass is 9.83. The summed E-state index contributed by atoms with van der Waals surface area (Å²) in [5, 5.41) is 1.06. The van der Waals surface area contributed by atoms with Crippen LogP contribution in [0.15, 0.2) is 123 Å². The lowest BCUT2D eigenvalue weighted by molar-refractivity contribution is 0.585. The van der Waals surface area contributed by atoms with Crippen molar-refractivity contribution < 1.29 is 4.39 Å². The average molecular weight is 647 g/mol. The summed E-state index contributed by atoms with van der Waals surface area (Å²) in [5.74, 6) is -0.246. The Balaban J connectivity index is 1.31. The van der Waals surface area contributed by atoms with Crippen LogP contribution in [0.4, 0.5) is 4.39 Å². The maximum absolute atomic E-state index is 14.3. The molecule has 2 aliphatic rings. The molecule has 4 nitrogen and oxygen atoms in total. The van der Waals surface area contributed by atoms with Crippen LogP contribution in [-0.4, -0.2) is 9.13 Å². The molecule has 0 bridgehead atoms. The molecule has 0 spiro atoms. The first-order valence-electron chi connectivity index (χ1n) is 14.2. The highest BCUT2D eigenvalue weighted by Crippen LogP contribution is 2.41. The van der Waals surface area contributed by atoms with Gasteiger partial charge < -0.3 is 4.57 Å². The van der Waals surface area contributed by atoms with Crippen LogP contribution < -0.4 is 14.9 Å². The summed E-state index contributed by atoms with van der Waals surface area (Å²) in [5.41, 5.74) is 8.73. The lowest BCUT2D eigenvalue weighted by Crippen LogP contribution is -2.38. The molecule has 1 aliphatic carbocycles. The highest BCUT2D eigenvalue weighted by atomic mass is 79.9. The van der Waals surface area contributed by atoms with Gasteiger partial charge in [-0.05, 0) is 71.5 Å². The van der Waals surface area contributed by atoms with Crippen molar-refractivity contribution in [3.63, 3.8) is 0 Å². The number of hydrogen-bond donors (Lipinski definition) is 0. The number of nitrogens with zero attached hydrogens (tertiary/aromatic N) is 3. The molecule has 3 heterocycles. The van der Waals surface area contributed by atoms with E-state index in [2.05, 4.69) is 75.2 Å². The molecule has 1 aliphatic heterocycles. The summed E-state index contributed by atoms with van der Waals surface area (Å²) in [4.78, 5) is 20.1. The van der Waals surface area contributed by atoms with Crippen molar-refractivity contribution in [1.82, 2.24) is 9.13 Å². The fraction of sp³-hybridized carbons (Fsp3) is 0.111. The Morgan fingerprint density at radius 2 is 1.70 bits per heavy atom. The summed E-state index contributed by atoms with van der Waals surface area (Å²) in [6, 6.07) is 31.3. The van der Waals surface area contributed by atoms with E-state index in [0.29, 0.717) is 11.1 Å². The molecule has 210 valence electrons. The average Bonchev–Trinajstić information content (AvgIpc) is 3.54. The van der Waals surface area contributed by atoms with Gasteiger partial charge in [-0.25, -0.2) is 9.38 Å². The van der Waals surface area contributed by atoms with E-state index >= 15 is 0 Å². The maximum atomic E-state index is 14.3. The fourth-order valence-electron chi connectivity index (χ4n) is 6.42. The van der Waals surface area contributed by atoms with Gasteiger partial charge in [0.15, 0.2) is 4.80 Å². The molecule has 2 aromatic heterocycles. The Hall–Kier alpha value is -4.33. The Morgan fingerprint density at radius 3 is 2.53 bits per heavy atom. The number of rotatable bonds is 4. The first-order chi connectivity index (χ1) is 21.0. The second-order valence-corrected chi connectivity index (χ2v) is 12.9. The minimum absolute atomic E-state index is 0.0301. The van der Waals surface area contributed by atoms with E-state index in [1.54, 1.807) is 0 Å². The maximum Gasteiger partial charge on any atom is 0.271 e. The van der Waals surface area contributed by atoms with Crippen molar-refractivity contribution in [3.05, 3.63) is 167 Å². The highest BCUT2D eigenvalue weighted by molar-refractivity contribution is 9.10. The van der Waals surface area contributed by atoms with Gasteiger partial charge in [-0.1, -0.05) is 94.0 Å². The Bertz CT molecular complexity index is 2260. The number of benzene rings is 4. The number of allylic oxidation sites excluding steroid dienone is 1. The van der Waals surface area contributed by atoms with Crippen molar-refractivity contribution in [2.75, 3.05) is 0 Å². The quantitative estimate of drug-likeness (QED) is 0.199. The minimum Gasteiger partial charge on any atom is -0.342 e. The van der Waals surface area contributed by atoms with Crippen LogP contribution >= 0.6 is 27.3 Å². The van der Waals surface area contributed by atoms with Gasteiger partial charge in [0.2, 0.25) is 0 Å². The molecule has 0 radical (unpaired) electrons. The lowest BCUT2D eigenvalue weighted by Gasteiger charge is -2.30. The summed E-state index contributed by atoms with van der Waals surface area (Å²) in [7, 11) is 0. The van der Waals surface area contributed by atoms with E-state index < -0.39 is 0 Å². The molecule has 0 N–H and O–H groups in total. The number of thiazole rings is 1. The van der Waals surface area contributed by atoms with Crippen molar-refractivity contribution in [3.8, 4) is 0 Å². The third-order valence-corrected chi connectivity index (χ3v) is 9.94. The van der Waals surface area contributed by atoms with Gasteiger partial charge in [-0.15, -0.1) is 0 Å². The van der Waals surface area contributed by atoms with Gasteiger partial charge in [-0.2, -0.15) is 0 Å². The smallest absolute Gasteiger partial charge is 0.271 e. The second kappa shape index (κ2) is 10.4. The minimum atomic E-state index is -0.246. The van der Waals surface area contributed by atoms with Gasteiger partial charge in [-0.3, -0.25) is 9.36 Å². The SMILES string of the molecule is O=c1/c(=C\c2cn(Cc3ccc(F)cc3)c3ccccc23)sc2n1[C@@H](c1ccc(Br)cc1)C1=C(N=2)c2ccccc2CC1. The first kappa shape index (κ1) is 26.3. The summed E-state index contributed by atoms with van der Waals surface area (Å²) in [6.45, 7) is 0.603. The number of aromatic nitrogens is 2. The predicted molar refractivity (Wildman–Crippen MR) is 174 cm³/mol. The Morgan fingerprint density at radius 1 is 0.930 bits per heavy atom. The van der Waals surface area contributed by atoms with Gasteiger partial charge in [0.1, 0.15) is 5.82 Å². The topological polar surface area (TPSA) is 39.3 Å². The largest absolute Gasteiger partial charge is 0.342 e. The van der Waals surface area contributed by atoms with E-state index in [4.69, 9.17) is 4.99 Å². The Kier molecular flexibility index (Phi) is 6.38. The molecule has 1 atom stereocenters.